The van der Waals surface area contributed by atoms with Gasteiger partial charge in [0.15, 0.2) is 5.82 Å². The van der Waals surface area contributed by atoms with Crippen LogP contribution in [0, 0.1) is 12.7 Å². The smallest absolute Gasteiger partial charge is 0.295 e. The second kappa shape index (κ2) is 7.85. The fourth-order valence-corrected chi connectivity index (χ4v) is 2.91. The molecule has 1 aromatic heterocycles. The van der Waals surface area contributed by atoms with Crippen LogP contribution >= 0.6 is 11.6 Å². The van der Waals surface area contributed by atoms with Crippen LogP contribution in [0.5, 0.6) is 0 Å². The third-order valence-corrected chi connectivity index (χ3v) is 4.55. The molecule has 1 N–H and O–H groups in total. The Kier molecular flexibility index (Phi) is 5.10. The van der Waals surface area contributed by atoms with Gasteiger partial charge in [0.05, 0.1) is 5.69 Å². The van der Waals surface area contributed by atoms with Crippen LogP contribution in [0.2, 0.25) is 5.02 Å². The van der Waals surface area contributed by atoms with Gasteiger partial charge in [-0.25, -0.2) is 14.1 Å². The second-order valence-electron chi connectivity index (χ2n) is 6.47. The molecule has 0 bridgehead atoms. The molecule has 5 nitrogen and oxygen atoms in total. The number of hydrogen-bond acceptors (Lipinski definition) is 3. The molecule has 0 aliphatic heterocycles. The van der Waals surface area contributed by atoms with E-state index in [2.05, 4.69) is 15.4 Å². The van der Waals surface area contributed by atoms with Gasteiger partial charge in [0.1, 0.15) is 5.82 Å². The summed E-state index contributed by atoms with van der Waals surface area (Å²) >= 11 is 5.98. The molecule has 1 heterocycles. The normalized spacial score (nSPS) is 10.7. The molecule has 3 aromatic carbocycles. The SMILES string of the molecule is Cc1ccc(NC(=O)c2nc(-c3ccc(Cl)cc3)n(-c3ccc(F)cc3)n2)cc1. The lowest BCUT2D eigenvalue weighted by molar-refractivity contribution is 0.101. The Morgan fingerprint density at radius 1 is 0.966 bits per heavy atom. The zero-order chi connectivity index (χ0) is 20.4. The predicted octanol–water partition coefficient (Wildman–Crippen LogP) is 5.29. The standard InChI is InChI=1S/C22H16ClFN4O/c1-14-2-10-18(11-3-14)25-22(29)20-26-21(15-4-6-16(23)7-5-15)28(27-20)19-12-8-17(24)9-13-19/h2-13H,1H3,(H,25,29). The van der Waals surface area contributed by atoms with Gasteiger partial charge in [0, 0.05) is 16.3 Å². The van der Waals surface area contributed by atoms with Gasteiger partial charge in [-0.15, -0.1) is 5.10 Å². The van der Waals surface area contributed by atoms with Crippen LogP contribution in [-0.4, -0.2) is 20.7 Å². The fraction of sp³-hybridized carbons (Fsp3) is 0.0455. The van der Waals surface area contributed by atoms with E-state index >= 15 is 0 Å². The quantitative estimate of drug-likeness (QED) is 0.501. The van der Waals surface area contributed by atoms with Gasteiger partial charge < -0.3 is 5.32 Å². The second-order valence-corrected chi connectivity index (χ2v) is 6.91. The molecule has 0 atom stereocenters. The third kappa shape index (κ3) is 4.17. The summed E-state index contributed by atoms with van der Waals surface area (Å²) in [5.74, 6) is -0.355. The van der Waals surface area contributed by atoms with E-state index in [1.54, 1.807) is 36.4 Å². The van der Waals surface area contributed by atoms with E-state index in [1.165, 1.54) is 16.8 Å². The minimum absolute atomic E-state index is 0.000139. The summed E-state index contributed by atoms with van der Waals surface area (Å²) in [6, 6.07) is 20.3. The van der Waals surface area contributed by atoms with E-state index in [1.807, 2.05) is 31.2 Å². The van der Waals surface area contributed by atoms with Crippen molar-refractivity contribution in [3.8, 4) is 17.1 Å². The molecule has 7 heteroatoms. The number of rotatable bonds is 4. The maximum Gasteiger partial charge on any atom is 0.295 e. The maximum atomic E-state index is 13.4. The summed E-state index contributed by atoms with van der Waals surface area (Å²) < 4.78 is 14.9. The molecule has 0 unspecified atom stereocenters. The Morgan fingerprint density at radius 2 is 1.62 bits per heavy atom. The highest BCUT2D eigenvalue weighted by Crippen LogP contribution is 2.23. The number of nitrogens with zero attached hydrogens (tertiary/aromatic N) is 3. The Bertz CT molecular complexity index is 1090. The molecule has 0 aliphatic rings. The highest BCUT2D eigenvalue weighted by atomic mass is 35.5. The van der Waals surface area contributed by atoms with Crippen molar-refractivity contribution in [2.45, 2.75) is 6.92 Å². The predicted molar refractivity (Wildman–Crippen MR) is 111 cm³/mol. The largest absolute Gasteiger partial charge is 0.319 e. The van der Waals surface area contributed by atoms with Crippen molar-refractivity contribution >= 4 is 23.2 Å². The van der Waals surface area contributed by atoms with Crippen LogP contribution in [0.15, 0.2) is 72.8 Å². The van der Waals surface area contributed by atoms with Gasteiger partial charge in [0.2, 0.25) is 5.82 Å². The monoisotopic (exact) mass is 406 g/mol. The van der Waals surface area contributed by atoms with Crippen molar-refractivity contribution in [1.82, 2.24) is 14.8 Å². The fourth-order valence-electron chi connectivity index (χ4n) is 2.78. The van der Waals surface area contributed by atoms with Crippen molar-refractivity contribution in [3.63, 3.8) is 0 Å². The van der Waals surface area contributed by atoms with Crippen LogP contribution < -0.4 is 5.32 Å². The topological polar surface area (TPSA) is 59.8 Å². The van der Waals surface area contributed by atoms with Gasteiger partial charge in [-0.2, -0.15) is 0 Å². The van der Waals surface area contributed by atoms with Gasteiger partial charge in [-0.1, -0.05) is 29.3 Å². The molecule has 0 saturated carbocycles. The van der Waals surface area contributed by atoms with E-state index in [0.717, 1.165) is 11.1 Å². The molecule has 0 fully saturated rings. The Hall–Kier alpha value is -3.51. The van der Waals surface area contributed by atoms with Gasteiger partial charge in [-0.3, -0.25) is 4.79 Å². The van der Waals surface area contributed by atoms with Crippen LogP contribution in [0.1, 0.15) is 16.2 Å². The summed E-state index contributed by atoms with van der Waals surface area (Å²) in [4.78, 5) is 17.1. The molecule has 0 radical (unpaired) electrons. The minimum Gasteiger partial charge on any atom is -0.319 e. The maximum absolute atomic E-state index is 13.4. The Morgan fingerprint density at radius 3 is 2.28 bits per heavy atom. The number of anilines is 1. The molecular formula is C22H16ClFN4O. The van der Waals surface area contributed by atoms with Crippen molar-refractivity contribution in [2.75, 3.05) is 5.32 Å². The van der Waals surface area contributed by atoms with E-state index in [4.69, 9.17) is 11.6 Å². The molecule has 29 heavy (non-hydrogen) atoms. The molecule has 0 spiro atoms. The molecule has 1 amide bonds. The van der Waals surface area contributed by atoms with E-state index < -0.39 is 5.91 Å². The molecule has 4 aromatic rings. The summed E-state index contributed by atoms with van der Waals surface area (Å²) in [6.45, 7) is 1.97. The average Bonchev–Trinajstić information content (AvgIpc) is 3.16. The van der Waals surface area contributed by atoms with Crippen LogP contribution in [0.3, 0.4) is 0 Å². The number of aryl methyl sites for hydroxylation is 1. The first-order chi connectivity index (χ1) is 14.0. The number of hydrogen-bond donors (Lipinski definition) is 1. The van der Waals surface area contributed by atoms with Gasteiger partial charge in [-0.05, 0) is 67.6 Å². The highest BCUT2D eigenvalue weighted by Gasteiger charge is 2.19. The number of nitrogens with one attached hydrogen (secondary N) is 1. The summed E-state index contributed by atoms with van der Waals surface area (Å²) in [5.41, 5.74) is 3.04. The van der Waals surface area contributed by atoms with E-state index in [9.17, 15) is 9.18 Å². The first-order valence-electron chi connectivity index (χ1n) is 8.86. The molecular weight excluding hydrogens is 391 g/mol. The van der Waals surface area contributed by atoms with E-state index in [0.29, 0.717) is 22.2 Å². The molecule has 0 aliphatic carbocycles. The molecule has 4 rings (SSSR count). The minimum atomic E-state index is -0.440. The Labute approximate surface area is 171 Å². The lowest BCUT2D eigenvalue weighted by Crippen LogP contribution is -2.14. The van der Waals surface area contributed by atoms with Crippen molar-refractivity contribution in [1.29, 1.82) is 0 Å². The zero-order valence-corrected chi connectivity index (χ0v) is 16.2. The first-order valence-corrected chi connectivity index (χ1v) is 9.24. The van der Waals surface area contributed by atoms with Gasteiger partial charge in [0.25, 0.3) is 5.91 Å². The van der Waals surface area contributed by atoms with Crippen molar-refractivity contribution < 1.29 is 9.18 Å². The average molecular weight is 407 g/mol. The summed E-state index contributed by atoms with van der Waals surface area (Å²) in [6.07, 6.45) is 0. The zero-order valence-electron chi connectivity index (χ0n) is 15.4. The van der Waals surface area contributed by atoms with Crippen LogP contribution in [0.4, 0.5) is 10.1 Å². The van der Waals surface area contributed by atoms with Crippen LogP contribution in [0.25, 0.3) is 17.1 Å². The third-order valence-electron chi connectivity index (χ3n) is 4.29. The van der Waals surface area contributed by atoms with Crippen LogP contribution in [-0.2, 0) is 0 Å². The van der Waals surface area contributed by atoms with Crippen molar-refractivity contribution in [2.24, 2.45) is 0 Å². The number of carbonyl (C=O) groups excluding carboxylic acids is 1. The van der Waals surface area contributed by atoms with Gasteiger partial charge >= 0.3 is 0 Å². The number of amides is 1. The highest BCUT2D eigenvalue weighted by molar-refractivity contribution is 6.30. The lowest BCUT2D eigenvalue weighted by Gasteiger charge is -2.06. The van der Waals surface area contributed by atoms with Crippen molar-refractivity contribution in [3.05, 3.63) is 95.0 Å². The first kappa shape index (κ1) is 18.8. The number of halogens is 2. The molecule has 144 valence electrons. The summed E-state index contributed by atoms with van der Waals surface area (Å²) in [7, 11) is 0. The number of carbonyl (C=O) groups is 1. The lowest BCUT2D eigenvalue weighted by atomic mass is 10.2. The molecule has 0 saturated heterocycles. The number of benzene rings is 3. The van der Waals surface area contributed by atoms with E-state index in [-0.39, 0.29) is 11.6 Å². The number of aromatic nitrogens is 3. The Balaban J connectivity index is 1.74. The summed E-state index contributed by atoms with van der Waals surface area (Å²) in [5, 5.41) is 7.73.